The smallest absolute Gasteiger partial charge is 0.449 e. The average molecular weight is 433 g/mol. The molecule has 2 aromatic rings. The van der Waals surface area contributed by atoms with E-state index in [0.29, 0.717) is 24.9 Å². The Hall–Kier alpha value is -3.40. The third-order valence-electron chi connectivity index (χ3n) is 4.95. The van der Waals surface area contributed by atoms with Gasteiger partial charge in [-0.15, -0.1) is 0 Å². The summed E-state index contributed by atoms with van der Waals surface area (Å²) in [5.41, 5.74) is 8.07. The lowest BCUT2D eigenvalue weighted by Gasteiger charge is -2.33. The minimum Gasteiger partial charge on any atom is -0.455 e. The van der Waals surface area contributed by atoms with E-state index in [4.69, 9.17) is 10.2 Å². The Morgan fingerprint density at radius 2 is 1.90 bits per heavy atom. The largest absolute Gasteiger partial charge is 0.455 e. The highest BCUT2D eigenvalue weighted by Gasteiger charge is 2.35. The fourth-order valence-corrected chi connectivity index (χ4v) is 3.37. The third-order valence-corrected chi connectivity index (χ3v) is 4.95. The van der Waals surface area contributed by atoms with E-state index >= 15 is 0 Å². The minimum absolute atomic E-state index is 0.0172. The Morgan fingerprint density at radius 3 is 2.52 bits per heavy atom. The summed E-state index contributed by atoms with van der Waals surface area (Å²) in [6.45, 7) is 4.82. The summed E-state index contributed by atoms with van der Waals surface area (Å²) >= 11 is 0. The molecule has 10 heteroatoms. The van der Waals surface area contributed by atoms with Crippen LogP contribution in [0.25, 0.3) is 5.57 Å². The molecule has 2 N–H and O–H groups in total. The summed E-state index contributed by atoms with van der Waals surface area (Å²) in [6, 6.07) is 7.96. The molecular formula is C21H19F4N5O. The van der Waals surface area contributed by atoms with Crippen LogP contribution in [-0.4, -0.2) is 41.2 Å². The molecule has 31 heavy (non-hydrogen) atoms. The van der Waals surface area contributed by atoms with Gasteiger partial charge in [0, 0.05) is 19.1 Å². The molecule has 1 aromatic heterocycles. The van der Waals surface area contributed by atoms with Crippen molar-refractivity contribution in [1.29, 1.82) is 0 Å². The Bertz CT molecular complexity index is 1070. The lowest BCUT2D eigenvalue weighted by Crippen LogP contribution is -2.45. The SMILES string of the molecule is C=C1N=C(N2CC=C(c3ccc(F)cc3)[C@@H](N)C2)N=CN1Cc1ccc(C(F)(F)F)o1. The van der Waals surface area contributed by atoms with Crippen molar-refractivity contribution >= 4 is 17.9 Å². The molecule has 0 unspecified atom stereocenters. The molecular weight excluding hydrogens is 414 g/mol. The Balaban J connectivity index is 1.42. The van der Waals surface area contributed by atoms with E-state index in [1.54, 1.807) is 12.1 Å². The van der Waals surface area contributed by atoms with E-state index in [-0.39, 0.29) is 24.2 Å². The van der Waals surface area contributed by atoms with E-state index in [1.807, 2.05) is 11.0 Å². The summed E-state index contributed by atoms with van der Waals surface area (Å²) in [6.07, 6.45) is -1.15. The van der Waals surface area contributed by atoms with Crippen LogP contribution in [0, 0.1) is 5.82 Å². The van der Waals surface area contributed by atoms with Crippen molar-refractivity contribution in [1.82, 2.24) is 9.80 Å². The number of benzene rings is 1. The molecule has 6 nitrogen and oxygen atoms in total. The molecule has 1 aromatic carbocycles. The average Bonchev–Trinajstić information content (AvgIpc) is 3.19. The maximum atomic E-state index is 13.2. The van der Waals surface area contributed by atoms with Crippen molar-refractivity contribution in [3.05, 3.63) is 77.8 Å². The number of guanidine groups is 1. The van der Waals surface area contributed by atoms with Crippen LogP contribution in [-0.2, 0) is 12.7 Å². The van der Waals surface area contributed by atoms with Crippen LogP contribution in [0.3, 0.4) is 0 Å². The number of nitrogens with two attached hydrogens (primary N) is 1. The molecule has 0 fully saturated rings. The first-order valence-electron chi connectivity index (χ1n) is 9.41. The van der Waals surface area contributed by atoms with E-state index in [1.165, 1.54) is 29.4 Å². The number of hydrogen-bond donors (Lipinski definition) is 1. The predicted molar refractivity (Wildman–Crippen MR) is 108 cm³/mol. The third kappa shape index (κ3) is 4.53. The Kier molecular flexibility index (Phi) is 5.40. The fraction of sp³-hybridized carbons (Fsp3) is 0.238. The highest BCUT2D eigenvalue weighted by atomic mass is 19.4. The number of aliphatic imine (C=N–C) groups is 2. The van der Waals surface area contributed by atoms with Gasteiger partial charge >= 0.3 is 6.18 Å². The molecule has 2 aliphatic heterocycles. The number of hydrogen-bond acceptors (Lipinski definition) is 6. The lowest BCUT2D eigenvalue weighted by molar-refractivity contribution is -0.153. The maximum Gasteiger partial charge on any atom is 0.449 e. The van der Waals surface area contributed by atoms with Gasteiger partial charge in [0.2, 0.25) is 11.7 Å². The summed E-state index contributed by atoms with van der Waals surface area (Å²) in [5, 5.41) is 0. The number of halogens is 4. The van der Waals surface area contributed by atoms with Crippen LogP contribution >= 0.6 is 0 Å². The second-order valence-electron chi connectivity index (χ2n) is 7.14. The lowest BCUT2D eigenvalue weighted by atomic mass is 9.95. The normalized spacial score (nSPS) is 19.5. The zero-order chi connectivity index (χ0) is 22.2. The monoisotopic (exact) mass is 433 g/mol. The number of nitrogens with zero attached hydrogens (tertiary/aromatic N) is 4. The van der Waals surface area contributed by atoms with Crippen LogP contribution in [0.15, 0.2) is 69.3 Å². The van der Waals surface area contributed by atoms with Gasteiger partial charge in [-0.3, -0.25) is 0 Å². The van der Waals surface area contributed by atoms with E-state index < -0.39 is 11.9 Å². The number of alkyl halides is 3. The predicted octanol–water partition coefficient (Wildman–Crippen LogP) is 3.84. The van der Waals surface area contributed by atoms with Gasteiger partial charge in [-0.1, -0.05) is 24.8 Å². The topological polar surface area (TPSA) is 70.4 Å². The molecule has 4 rings (SSSR count). The van der Waals surface area contributed by atoms with Crippen LogP contribution < -0.4 is 5.73 Å². The summed E-state index contributed by atoms with van der Waals surface area (Å²) in [7, 11) is 0. The summed E-state index contributed by atoms with van der Waals surface area (Å²) in [5.74, 6) is -0.533. The van der Waals surface area contributed by atoms with Gasteiger partial charge in [0.15, 0.2) is 0 Å². The second-order valence-corrected chi connectivity index (χ2v) is 7.14. The first kappa shape index (κ1) is 20.9. The van der Waals surface area contributed by atoms with Crippen LogP contribution in [0.4, 0.5) is 17.6 Å². The van der Waals surface area contributed by atoms with E-state index in [9.17, 15) is 17.6 Å². The van der Waals surface area contributed by atoms with Gasteiger partial charge in [0.25, 0.3) is 0 Å². The molecule has 0 spiro atoms. The van der Waals surface area contributed by atoms with Gasteiger partial charge in [0.05, 0.1) is 6.54 Å². The van der Waals surface area contributed by atoms with Gasteiger partial charge in [-0.05, 0) is 35.4 Å². The van der Waals surface area contributed by atoms with Crippen LogP contribution in [0.2, 0.25) is 0 Å². The number of furan rings is 1. The van der Waals surface area contributed by atoms with Crippen molar-refractivity contribution in [2.75, 3.05) is 13.1 Å². The Labute approximate surface area is 175 Å². The molecule has 0 saturated heterocycles. The van der Waals surface area contributed by atoms with Crippen LogP contribution in [0.5, 0.6) is 0 Å². The van der Waals surface area contributed by atoms with Gasteiger partial charge in [-0.2, -0.15) is 18.2 Å². The molecule has 0 radical (unpaired) electrons. The molecule has 0 amide bonds. The second kappa shape index (κ2) is 8.03. The first-order valence-corrected chi connectivity index (χ1v) is 9.41. The van der Waals surface area contributed by atoms with Crippen LogP contribution in [0.1, 0.15) is 17.1 Å². The maximum absolute atomic E-state index is 13.2. The quantitative estimate of drug-likeness (QED) is 0.747. The minimum atomic E-state index is -4.54. The van der Waals surface area contributed by atoms with E-state index in [2.05, 4.69) is 16.6 Å². The van der Waals surface area contributed by atoms with Crippen molar-refractivity contribution in [2.24, 2.45) is 15.7 Å². The molecule has 1 atom stereocenters. The molecule has 3 heterocycles. The van der Waals surface area contributed by atoms with Crippen molar-refractivity contribution in [2.45, 2.75) is 18.8 Å². The van der Waals surface area contributed by atoms with Crippen molar-refractivity contribution in [3.63, 3.8) is 0 Å². The molecule has 0 aliphatic carbocycles. The highest BCUT2D eigenvalue weighted by Crippen LogP contribution is 2.31. The summed E-state index contributed by atoms with van der Waals surface area (Å²) < 4.78 is 56.1. The molecule has 2 aliphatic rings. The standard InChI is InChI=1S/C21H19F4N5O/c1-13-28-20(27-12-30(13)10-16-6-7-19(31-16)21(23,24)25)29-9-8-17(18(26)11-29)14-2-4-15(22)5-3-14/h2-8,12,18H,1,9-11,26H2/t18-/m0/s1. The molecule has 0 saturated carbocycles. The first-order chi connectivity index (χ1) is 14.7. The molecule has 162 valence electrons. The number of rotatable bonds is 3. The Morgan fingerprint density at radius 1 is 1.16 bits per heavy atom. The van der Waals surface area contributed by atoms with Crippen molar-refractivity contribution < 1.29 is 22.0 Å². The van der Waals surface area contributed by atoms with E-state index in [0.717, 1.165) is 17.2 Å². The van der Waals surface area contributed by atoms with Gasteiger partial charge in [0.1, 0.15) is 23.7 Å². The van der Waals surface area contributed by atoms with Crippen molar-refractivity contribution in [3.8, 4) is 0 Å². The fourth-order valence-electron chi connectivity index (χ4n) is 3.37. The zero-order valence-electron chi connectivity index (χ0n) is 16.3. The zero-order valence-corrected chi connectivity index (χ0v) is 16.3. The highest BCUT2D eigenvalue weighted by molar-refractivity contribution is 5.91. The summed E-state index contributed by atoms with van der Waals surface area (Å²) in [4.78, 5) is 12.0. The van der Waals surface area contributed by atoms with Gasteiger partial charge < -0.3 is 20.0 Å². The molecule has 0 bridgehead atoms. The van der Waals surface area contributed by atoms with Gasteiger partial charge in [-0.25, -0.2) is 9.38 Å².